The number of nitrogens with zero attached hydrogens (tertiary/aromatic N) is 1. The second kappa shape index (κ2) is 6.38. The lowest BCUT2D eigenvalue weighted by molar-refractivity contribution is 0.0569. The Morgan fingerprint density at radius 2 is 2.29 bits per heavy atom. The molecular formula is C11H24N2O. The molecule has 2 atom stereocenters. The normalized spacial score (nSPS) is 26.4. The van der Waals surface area contributed by atoms with Gasteiger partial charge in [-0.3, -0.25) is 4.90 Å². The number of nitrogens with two attached hydrogens (primary N) is 1. The van der Waals surface area contributed by atoms with Crippen molar-refractivity contribution in [3.05, 3.63) is 0 Å². The third-order valence-electron chi connectivity index (χ3n) is 3.25. The maximum atomic E-state index is 9.24. The van der Waals surface area contributed by atoms with E-state index in [0.29, 0.717) is 12.6 Å². The number of aliphatic hydroxyl groups excluding tert-OH is 1. The van der Waals surface area contributed by atoms with Gasteiger partial charge in [-0.25, -0.2) is 0 Å². The molecule has 1 aliphatic rings. The quantitative estimate of drug-likeness (QED) is 0.695. The molecule has 1 fully saturated rings. The molecule has 0 amide bonds. The second-order valence-corrected chi connectivity index (χ2v) is 4.25. The average molecular weight is 200 g/mol. The lowest BCUT2D eigenvalue weighted by Gasteiger charge is -2.40. The average Bonchev–Trinajstić information content (AvgIpc) is 2.23. The molecule has 0 radical (unpaired) electrons. The molecule has 1 rings (SSSR count). The first-order chi connectivity index (χ1) is 6.83. The molecule has 0 aromatic carbocycles. The largest absolute Gasteiger partial charge is 0.395 e. The van der Waals surface area contributed by atoms with Crippen LogP contribution in [0, 0.1) is 0 Å². The lowest BCUT2D eigenvalue weighted by Crippen LogP contribution is -2.51. The van der Waals surface area contributed by atoms with Gasteiger partial charge >= 0.3 is 0 Å². The Kier molecular flexibility index (Phi) is 5.45. The Bertz CT molecular complexity index is 146. The van der Waals surface area contributed by atoms with E-state index in [1.165, 1.54) is 32.1 Å². The molecule has 0 bridgehead atoms. The van der Waals surface area contributed by atoms with Crippen molar-refractivity contribution in [2.45, 2.75) is 51.1 Å². The fraction of sp³-hybridized carbons (Fsp3) is 1.00. The van der Waals surface area contributed by atoms with Crippen molar-refractivity contribution in [1.82, 2.24) is 4.90 Å². The fourth-order valence-electron chi connectivity index (χ4n) is 2.46. The van der Waals surface area contributed by atoms with Crippen LogP contribution in [-0.2, 0) is 0 Å². The van der Waals surface area contributed by atoms with Gasteiger partial charge in [0, 0.05) is 18.6 Å². The van der Waals surface area contributed by atoms with Crippen LogP contribution < -0.4 is 5.73 Å². The van der Waals surface area contributed by atoms with Gasteiger partial charge in [0.25, 0.3) is 0 Å². The van der Waals surface area contributed by atoms with Crippen molar-refractivity contribution in [3.8, 4) is 0 Å². The number of aliphatic hydroxyl groups is 1. The first-order valence-electron chi connectivity index (χ1n) is 5.90. The van der Waals surface area contributed by atoms with E-state index in [1.807, 2.05) is 0 Å². The highest BCUT2D eigenvalue weighted by atomic mass is 16.3. The first-order valence-corrected chi connectivity index (χ1v) is 5.90. The third kappa shape index (κ3) is 2.94. The van der Waals surface area contributed by atoms with Crippen LogP contribution in [0.4, 0.5) is 0 Å². The maximum absolute atomic E-state index is 9.24. The smallest absolute Gasteiger partial charge is 0.0599 e. The van der Waals surface area contributed by atoms with Crippen molar-refractivity contribution in [2.75, 3.05) is 19.7 Å². The van der Waals surface area contributed by atoms with Crippen molar-refractivity contribution in [3.63, 3.8) is 0 Å². The number of hydrogen-bond donors (Lipinski definition) is 2. The van der Waals surface area contributed by atoms with Crippen molar-refractivity contribution in [1.29, 1.82) is 0 Å². The van der Waals surface area contributed by atoms with Crippen molar-refractivity contribution in [2.24, 2.45) is 5.73 Å². The van der Waals surface area contributed by atoms with E-state index in [9.17, 15) is 5.11 Å². The Hall–Kier alpha value is -0.120. The summed E-state index contributed by atoms with van der Waals surface area (Å²) < 4.78 is 0. The Balaban J connectivity index is 2.51. The van der Waals surface area contributed by atoms with Crippen LogP contribution in [0.1, 0.15) is 39.0 Å². The summed E-state index contributed by atoms with van der Waals surface area (Å²) >= 11 is 0. The summed E-state index contributed by atoms with van der Waals surface area (Å²) in [4.78, 5) is 2.42. The summed E-state index contributed by atoms with van der Waals surface area (Å²) in [5.41, 5.74) is 5.67. The monoisotopic (exact) mass is 200 g/mol. The second-order valence-electron chi connectivity index (χ2n) is 4.25. The molecule has 0 aromatic rings. The molecule has 2 unspecified atom stereocenters. The van der Waals surface area contributed by atoms with Crippen LogP contribution >= 0.6 is 0 Å². The molecule has 0 saturated carbocycles. The highest BCUT2D eigenvalue weighted by Crippen LogP contribution is 2.22. The Labute approximate surface area is 87.3 Å². The van der Waals surface area contributed by atoms with E-state index < -0.39 is 0 Å². The van der Waals surface area contributed by atoms with Gasteiger partial charge in [-0.1, -0.05) is 19.8 Å². The molecule has 1 aliphatic heterocycles. The third-order valence-corrected chi connectivity index (χ3v) is 3.25. The number of piperidine rings is 1. The zero-order valence-electron chi connectivity index (χ0n) is 9.28. The predicted molar refractivity (Wildman–Crippen MR) is 59.2 cm³/mol. The summed E-state index contributed by atoms with van der Waals surface area (Å²) in [6, 6.07) is 0.848. The minimum atomic E-state index is 0.187. The van der Waals surface area contributed by atoms with Gasteiger partial charge in [-0.05, 0) is 25.8 Å². The molecule has 3 N–H and O–H groups in total. The molecule has 0 aromatic heterocycles. The molecule has 14 heavy (non-hydrogen) atoms. The summed E-state index contributed by atoms with van der Waals surface area (Å²) in [5.74, 6) is 0. The molecule has 3 heteroatoms. The maximum Gasteiger partial charge on any atom is 0.0599 e. The highest BCUT2D eigenvalue weighted by molar-refractivity contribution is 4.82. The van der Waals surface area contributed by atoms with E-state index in [1.54, 1.807) is 0 Å². The fourth-order valence-corrected chi connectivity index (χ4v) is 2.46. The minimum Gasteiger partial charge on any atom is -0.395 e. The van der Waals surface area contributed by atoms with Crippen molar-refractivity contribution < 1.29 is 5.11 Å². The standard InChI is InChI=1S/C11H24N2O/c1-2-5-10-6-3-4-7-13(10)11(8-12)9-14/h10-11,14H,2-9,12H2,1H3. The SMILES string of the molecule is CCCC1CCCCN1C(CN)CO. The summed E-state index contributed by atoms with van der Waals surface area (Å²) in [5, 5.41) is 9.24. The van der Waals surface area contributed by atoms with Gasteiger partial charge < -0.3 is 10.8 Å². The number of likely N-dealkylation sites (tertiary alicyclic amines) is 1. The summed E-state index contributed by atoms with van der Waals surface area (Å²) in [7, 11) is 0. The van der Waals surface area contributed by atoms with Gasteiger partial charge in [-0.2, -0.15) is 0 Å². The molecule has 1 heterocycles. The van der Waals surface area contributed by atoms with Gasteiger partial charge in [0.05, 0.1) is 6.61 Å². The molecule has 3 nitrogen and oxygen atoms in total. The number of hydrogen-bond acceptors (Lipinski definition) is 3. The zero-order valence-corrected chi connectivity index (χ0v) is 9.28. The Morgan fingerprint density at radius 3 is 2.86 bits per heavy atom. The van der Waals surface area contributed by atoms with Crippen LogP contribution in [0.2, 0.25) is 0 Å². The van der Waals surface area contributed by atoms with Crippen LogP contribution in [0.3, 0.4) is 0 Å². The van der Waals surface area contributed by atoms with E-state index in [4.69, 9.17) is 5.73 Å². The van der Waals surface area contributed by atoms with E-state index in [0.717, 1.165) is 6.54 Å². The van der Waals surface area contributed by atoms with Gasteiger partial charge in [0.2, 0.25) is 0 Å². The zero-order chi connectivity index (χ0) is 10.4. The molecule has 0 aliphatic carbocycles. The van der Waals surface area contributed by atoms with E-state index in [-0.39, 0.29) is 12.6 Å². The minimum absolute atomic E-state index is 0.187. The van der Waals surface area contributed by atoms with E-state index >= 15 is 0 Å². The molecule has 84 valence electrons. The topological polar surface area (TPSA) is 49.5 Å². The summed E-state index contributed by atoms with van der Waals surface area (Å²) in [6.45, 7) is 4.13. The van der Waals surface area contributed by atoms with Gasteiger partial charge in [0.15, 0.2) is 0 Å². The van der Waals surface area contributed by atoms with Crippen LogP contribution in [0.15, 0.2) is 0 Å². The Morgan fingerprint density at radius 1 is 1.50 bits per heavy atom. The van der Waals surface area contributed by atoms with Crippen molar-refractivity contribution >= 4 is 0 Å². The van der Waals surface area contributed by atoms with Crippen LogP contribution in [0.5, 0.6) is 0 Å². The molecule has 1 saturated heterocycles. The number of rotatable bonds is 5. The first kappa shape index (κ1) is 12.0. The molecular weight excluding hydrogens is 176 g/mol. The summed E-state index contributed by atoms with van der Waals surface area (Å²) in [6.07, 6.45) is 6.35. The van der Waals surface area contributed by atoms with E-state index in [2.05, 4.69) is 11.8 Å². The predicted octanol–water partition coefficient (Wildman–Crippen LogP) is 0.961. The van der Waals surface area contributed by atoms with Gasteiger partial charge in [-0.15, -0.1) is 0 Å². The van der Waals surface area contributed by atoms with Gasteiger partial charge in [0.1, 0.15) is 0 Å². The van der Waals surface area contributed by atoms with Crippen LogP contribution in [-0.4, -0.2) is 41.8 Å². The lowest BCUT2D eigenvalue weighted by atomic mass is 9.96. The highest BCUT2D eigenvalue weighted by Gasteiger charge is 2.26. The van der Waals surface area contributed by atoms with Crippen LogP contribution in [0.25, 0.3) is 0 Å². The molecule has 0 spiro atoms.